The highest BCUT2D eigenvalue weighted by Gasteiger charge is 2.25. The average Bonchev–Trinajstić information content (AvgIpc) is 2.42. The predicted molar refractivity (Wildman–Crippen MR) is 74.2 cm³/mol. The van der Waals surface area contributed by atoms with E-state index in [2.05, 4.69) is 4.98 Å². The Bertz CT molecular complexity index is 459. The third-order valence-corrected chi connectivity index (χ3v) is 3.71. The lowest BCUT2D eigenvalue weighted by molar-refractivity contribution is 0.0613. The van der Waals surface area contributed by atoms with Gasteiger partial charge in [-0.2, -0.15) is 0 Å². The van der Waals surface area contributed by atoms with Crippen molar-refractivity contribution in [1.29, 1.82) is 0 Å². The van der Waals surface area contributed by atoms with Gasteiger partial charge < -0.3 is 15.4 Å². The average molecular weight is 284 g/mol. The molecule has 1 aromatic heterocycles. The minimum absolute atomic E-state index is 0.0741. The van der Waals surface area contributed by atoms with E-state index in [1.165, 1.54) is 12.3 Å². The number of amides is 1. The molecule has 1 saturated heterocycles. The molecule has 0 aromatic carbocycles. The maximum absolute atomic E-state index is 12.4. The standard InChI is InChI=1S/C13H18ClN3O2/c1-19-8-9-2-4-17(5-3-9)13(18)10-6-12(15)16-7-11(10)14/h6-7,9H,2-5,8H2,1H3,(H2,15,16). The van der Waals surface area contributed by atoms with Gasteiger partial charge in [-0.25, -0.2) is 4.98 Å². The van der Waals surface area contributed by atoms with Crippen molar-refractivity contribution in [3.05, 3.63) is 22.8 Å². The first-order chi connectivity index (χ1) is 9.11. The summed E-state index contributed by atoms with van der Waals surface area (Å²) in [7, 11) is 1.71. The predicted octanol–water partition coefficient (Wildman–Crippen LogP) is 1.82. The van der Waals surface area contributed by atoms with Gasteiger partial charge >= 0.3 is 0 Å². The van der Waals surface area contributed by atoms with Gasteiger partial charge in [-0.1, -0.05) is 11.6 Å². The van der Waals surface area contributed by atoms with Gasteiger partial charge in [-0.05, 0) is 24.8 Å². The number of likely N-dealkylation sites (tertiary alicyclic amines) is 1. The normalized spacial score (nSPS) is 16.6. The molecule has 1 aromatic rings. The number of anilines is 1. The summed E-state index contributed by atoms with van der Waals surface area (Å²) in [5, 5.41) is 0.346. The Morgan fingerprint density at radius 3 is 2.89 bits per heavy atom. The van der Waals surface area contributed by atoms with Gasteiger partial charge in [-0.3, -0.25) is 4.79 Å². The molecule has 0 unspecified atom stereocenters. The van der Waals surface area contributed by atoms with Crippen molar-refractivity contribution in [1.82, 2.24) is 9.88 Å². The van der Waals surface area contributed by atoms with Crippen LogP contribution in [0.4, 0.5) is 5.82 Å². The number of rotatable bonds is 3. The Kier molecular flexibility index (Phi) is 4.61. The van der Waals surface area contributed by atoms with Crippen LogP contribution >= 0.6 is 11.6 Å². The van der Waals surface area contributed by atoms with Crippen LogP contribution in [-0.4, -0.2) is 42.6 Å². The highest BCUT2D eigenvalue weighted by Crippen LogP contribution is 2.23. The van der Waals surface area contributed by atoms with Crippen LogP contribution in [0.25, 0.3) is 0 Å². The molecule has 0 saturated carbocycles. The minimum Gasteiger partial charge on any atom is -0.384 e. The summed E-state index contributed by atoms with van der Waals surface area (Å²) in [4.78, 5) is 18.0. The Morgan fingerprint density at radius 1 is 1.58 bits per heavy atom. The van der Waals surface area contributed by atoms with Crippen LogP contribution in [0.3, 0.4) is 0 Å². The van der Waals surface area contributed by atoms with Crippen molar-refractivity contribution in [2.75, 3.05) is 32.5 Å². The summed E-state index contributed by atoms with van der Waals surface area (Å²) in [6.45, 7) is 2.21. The first-order valence-electron chi connectivity index (χ1n) is 6.31. The zero-order valence-electron chi connectivity index (χ0n) is 10.9. The molecule has 0 radical (unpaired) electrons. The Morgan fingerprint density at radius 2 is 2.26 bits per heavy atom. The van der Waals surface area contributed by atoms with Crippen LogP contribution in [0.15, 0.2) is 12.3 Å². The number of aromatic nitrogens is 1. The number of methoxy groups -OCH3 is 1. The molecule has 1 fully saturated rings. The van der Waals surface area contributed by atoms with Gasteiger partial charge in [0.1, 0.15) is 5.82 Å². The van der Waals surface area contributed by atoms with Gasteiger partial charge in [-0.15, -0.1) is 0 Å². The van der Waals surface area contributed by atoms with Gasteiger partial charge in [0.2, 0.25) is 0 Å². The number of piperidine rings is 1. The van der Waals surface area contributed by atoms with Crippen LogP contribution in [0.1, 0.15) is 23.2 Å². The van der Waals surface area contributed by atoms with Crippen LogP contribution in [0.2, 0.25) is 5.02 Å². The van der Waals surface area contributed by atoms with E-state index < -0.39 is 0 Å². The van der Waals surface area contributed by atoms with Crippen molar-refractivity contribution in [2.45, 2.75) is 12.8 Å². The number of ether oxygens (including phenoxy) is 1. The van der Waals surface area contributed by atoms with E-state index in [0.717, 1.165) is 32.5 Å². The molecule has 0 atom stereocenters. The first kappa shape index (κ1) is 14.1. The second kappa shape index (κ2) is 6.21. The highest BCUT2D eigenvalue weighted by molar-refractivity contribution is 6.33. The van der Waals surface area contributed by atoms with E-state index in [9.17, 15) is 4.79 Å². The van der Waals surface area contributed by atoms with E-state index in [1.54, 1.807) is 7.11 Å². The maximum Gasteiger partial charge on any atom is 0.255 e. The van der Waals surface area contributed by atoms with Crippen molar-refractivity contribution in [2.24, 2.45) is 5.92 Å². The number of nitrogen functional groups attached to an aromatic ring is 1. The zero-order valence-corrected chi connectivity index (χ0v) is 11.7. The van der Waals surface area contributed by atoms with Crippen molar-refractivity contribution in [3.63, 3.8) is 0 Å². The maximum atomic E-state index is 12.4. The second-order valence-electron chi connectivity index (χ2n) is 4.78. The van der Waals surface area contributed by atoms with Crippen molar-refractivity contribution >= 4 is 23.3 Å². The van der Waals surface area contributed by atoms with Crippen molar-refractivity contribution < 1.29 is 9.53 Å². The molecule has 2 rings (SSSR count). The van der Waals surface area contributed by atoms with E-state index in [-0.39, 0.29) is 5.91 Å². The number of carbonyl (C=O) groups is 1. The van der Waals surface area contributed by atoms with Crippen LogP contribution < -0.4 is 5.73 Å². The lowest BCUT2D eigenvalue weighted by atomic mass is 9.97. The number of halogens is 1. The van der Waals surface area contributed by atoms with E-state index in [1.807, 2.05) is 4.90 Å². The fourth-order valence-corrected chi connectivity index (χ4v) is 2.51. The molecule has 19 heavy (non-hydrogen) atoms. The van der Waals surface area contributed by atoms with E-state index in [0.29, 0.717) is 22.3 Å². The molecule has 0 spiro atoms. The molecule has 2 N–H and O–H groups in total. The Hall–Kier alpha value is -1.33. The third-order valence-electron chi connectivity index (χ3n) is 3.41. The van der Waals surface area contributed by atoms with E-state index in [4.69, 9.17) is 22.1 Å². The first-order valence-corrected chi connectivity index (χ1v) is 6.69. The minimum atomic E-state index is -0.0741. The lowest BCUT2D eigenvalue weighted by Gasteiger charge is -2.31. The summed E-state index contributed by atoms with van der Waals surface area (Å²) in [5.74, 6) is 0.768. The van der Waals surface area contributed by atoms with Gasteiger partial charge in [0, 0.05) is 33.0 Å². The molecule has 1 aliphatic rings. The largest absolute Gasteiger partial charge is 0.384 e. The number of nitrogens with zero attached hydrogens (tertiary/aromatic N) is 2. The highest BCUT2D eigenvalue weighted by atomic mass is 35.5. The number of hydrogen-bond donors (Lipinski definition) is 1. The molecule has 1 aliphatic heterocycles. The molecule has 0 aliphatic carbocycles. The Balaban J connectivity index is 2.03. The molecule has 2 heterocycles. The SMILES string of the molecule is COCC1CCN(C(=O)c2cc(N)ncc2Cl)CC1. The van der Waals surface area contributed by atoms with Crippen LogP contribution in [-0.2, 0) is 4.74 Å². The number of hydrogen-bond acceptors (Lipinski definition) is 4. The Labute approximate surface area is 117 Å². The molecule has 6 heteroatoms. The number of pyridine rings is 1. The molecule has 0 bridgehead atoms. The summed E-state index contributed by atoms with van der Waals surface area (Å²) in [5.41, 5.74) is 6.03. The molecule has 1 amide bonds. The van der Waals surface area contributed by atoms with Gasteiger partial charge in [0.15, 0.2) is 0 Å². The second-order valence-corrected chi connectivity index (χ2v) is 5.19. The summed E-state index contributed by atoms with van der Waals surface area (Å²) in [6, 6.07) is 1.53. The van der Waals surface area contributed by atoms with Gasteiger partial charge in [0.25, 0.3) is 5.91 Å². The fourth-order valence-electron chi connectivity index (χ4n) is 2.33. The molecular formula is C13H18ClN3O2. The third kappa shape index (κ3) is 3.36. The lowest BCUT2D eigenvalue weighted by Crippen LogP contribution is -2.39. The monoisotopic (exact) mass is 283 g/mol. The fraction of sp³-hybridized carbons (Fsp3) is 0.538. The van der Waals surface area contributed by atoms with Crippen LogP contribution in [0.5, 0.6) is 0 Å². The summed E-state index contributed by atoms with van der Waals surface area (Å²) < 4.78 is 5.15. The number of carbonyl (C=O) groups excluding carboxylic acids is 1. The number of nitrogens with two attached hydrogens (primary N) is 1. The van der Waals surface area contributed by atoms with Crippen molar-refractivity contribution in [3.8, 4) is 0 Å². The summed E-state index contributed by atoms with van der Waals surface area (Å²) >= 11 is 6.00. The topological polar surface area (TPSA) is 68.5 Å². The quantitative estimate of drug-likeness (QED) is 0.919. The van der Waals surface area contributed by atoms with Gasteiger partial charge in [0.05, 0.1) is 10.6 Å². The smallest absolute Gasteiger partial charge is 0.255 e. The summed E-state index contributed by atoms with van der Waals surface area (Å²) in [6.07, 6.45) is 3.33. The van der Waals surface area contributed by atoms with E-state index >= 15 is 0 Å². The molecule has 104 valence electrons. The van der Waals surface area contributed by atoms with Crippen LogP contribution in [0, 0.1) is 5.92 Å². The zero-order chi connectivity index (χ0) is 13.8. The molecule has 5 nitrogen and oxygen atoms in total. The molecular weight excluding hydrogens is 266 g/mol.